The summed E-state index contributed by atoms with van der Waals surface area (Å²) < 4.78 is 10.6. The van der Waals surface area contributed by atoms with E-state index in [0.29, 0.717) is 28.6 Å². The van der Waals surface area contributed by atoms with Gasteiger partial charge in [0.1, 0.15) is 11.8 Å². The first-order chi connectivity index (χ1) is 16.2. The van der Waals surface area contributed by atoms with Crippen LogP contribution in [0.5, 0.6) is 11.5 Å². The summed E-state index contributed by atoms with van der Waals surface area (Å²) >= 11 is 12.1. The summed E-state index contributed by atoms with van der Waals surface area (Å²) in [6.45, 7) is 3.96. The van der Waals surface area contributed by atoms with E-state index in [0.717, 1.165) is 6.42 Å². The molecule has 1 atom stereocenters. The minimum Gasteiger partial charge on any atom is -0.490 e. The molecule has 2 amide bonds. The Hall–Kier alpha value is -3.04. The zero-order valence-electron chi connectivity index (χ0n) is 19.2. The van der Waals surface area contributed by atoms with Gasteiger partial charge in [0.25, 0.3) is 5.91 Å². The smallest absolute Gasteiger partial charge is 0.311 e. The second-order valence-corrected chi connectivity index (χ2v) is 8.18. The molecule has 0 aliphatic rings. The Bertz CT molecular complexity index is 1030. The predicted octanol–water partition coefficient (Wildman–Crippen LogP) is 4.62. The monoisotopic (exact) mass is 511 g/mol. The highest BCUT2D eigenvalue weighted by Gasteiger charge is 2.29. The molecule has 0 saturated carbocycles. The number of ether oxygens (including phenoxy) is 2. The van der Waals surface area contributed by atoms with Crippen molar-refractivity contribution in [2.24, 2.45) is 0 Å². The first-order valence-corrected chi connectivity index (χ1v) is 11.4. The van der Waals surface area contributed by atoms with Crippen LogP contribution in [0.15, 0.2) is 36.4 Å². The molecule has 2 aromatic rings. The van der Waals surface area contributed by atoms with E-state index in [1.54, 1.807) is 18.2 Å². The van der Waals surface area contributed by atoms with E-state index in [1.807, 2.05) is 13.8 Å². The number of amides is 2. The molecular formula is C23H27Cl2N3O6. The molecule has 1 unspecified atom stereocenters. The van der Waals surface area contributed by atoms with E-state index in [9.17, 15) is 19.7 Å². The van der Waals surface area contributed by atoms with Crippen molar-refractivity contribution in [3.05, 3.63) is 62.1 Å². The maximum atomic E-state index is 13.2. The Morgan fingerprint density at radius 1 is 1.15 bits per heavy atom. The second kappa shape index (κ2) is 13.0. The first-order valence-electron chi connectivity index (χ1n) is 10.7. The van der Waals surface area contributed by atoms with Crippen LogP contribution in [0.1, 0.15) is 32.3 Å². The molecule has 9 nitrogen and oxygen atoms in total. The quantitative estimate of drug-likeness (QED) is 0.328. The molecule has 11 heteroatoms. The summed E-state index contributed by atoms with van der Waals surface area (Å²) in [5.74, 6) is -0.488. The SMILES string of the molecule is CCCNC(=O)C(CC)N(Cc1ccc(Cl)c(Cl)c1)C(=O)COc1ccc([N+](=O)[O-])c(OC)c1. The number of nitrogens with zero attached hydrogens (tertiary/aromatic N) is 2. The van der Waals surface area contributed by atoms with Crippen LogP contribution >= 0.6 is 23.2 Å². The molecule has 0 heterocycles. The highest BCUT2D eigenvalue weighted by Crippen LogP contribution is 2.31. The lowest BCUT2D eigenvalue weighted by atomic mass is 10.1. The predicted molar refractivity (Wildman–Crippen MR) is 130 cm³/mol. The number of rotatable bonds is 12. The van der Waals surface area contributed by atoms with Crippen molar-refractivity contribution in [3.63, 3.8) is 0 Å². The molecule has 0 saturated heterocycles. The van der Waals surface area contributed by atoms with Crippen molar-refractivity contribution in [1.29, 1.82) is 0 Å². The number of carbonyl (C=O) groups is 2. The van der Waals surface area contributed by atoms with Gasteiger partial charge in [0.05, 0.1) is 22.1 Å². The summed E-state index contributed by atoms with van der Waals surface area (Å²) in [5, 5.41) is 14.6. The third-order valence-corrected chi connectivity index (χ3v) is 5.72. The lowest BCUT2D eigenvalue weighted by Gasteiger charge is -2.30. The normalized spacial score (nSPS) is 11.4. The summed E-state index contributed by atoms with van der Waals surface area (Å²) in [4.78, 5) is 37.9. The van der Waals surface area contributed by atoms with Crippen LogP contribution in [-0.4, -0.2) is 47.9 Å². The highest BCUT2D eigenvalue weighted by atomic mass is 35.5. The highest BCUT2D eigenvalue weighted by molar-refractivity contribution is 6.42. The van der Waals surface area contributed by atoms with Crippen LogP contribution in [0.25, 0.3) is 0 Å². The lowest BCUT2D eigenvalue weighted by Crippen LogP contribution is -2.50. The molecule has 0 spiro atoms. The number of nitro benzene ring substituents is 1. The molecule has 0 radical (unpaired) electrons. The molecule has 34 heavy (non-hydrogen) atoms. The van der Waals surface area contributed by atoms with Crippen LogP contribution < -0.4 is 14.8 Å². The van der Waals surface area contributed by atoms with Gasteiger partial charge in [-0.15, -0.1) is 0 Å². The third kappa shape index (κ3) is 7.23. The van der Waals surface area contributed by atoms with Crippen molar-refractivity contribution in [3.8, 4) is 11.5 Å². The fourth-order valence-corrected chi connectivity index (χ4v) is 3.57. The maximum absolute atomic E-state index is 13.2. The number of hydrogen-bond donors (Lipinski definition) is 1. The van der Waals surface area contributed by atoms with Crippen molar-refractivity contribution in [1.82, 2.24) is 10.2 Å². The van der Waals surface area contributed by atoms with Crippen LogP contribution in [0, 0.1) is 10.1 Å². The number of methoxy groups -OCH3 is 1. The number of nitro groups is 1. The van der Waals surface area contributed by atoms with Gasteiger partial charge in [-0.3, -0.25) is 19.7 Å². The minimum atomic E-state index is -0.733. The van der Waals surface area contributed by atoms with Crippen LogP contribution in [0.2, 0.25) is 10.0 Å². The summed E-state index contributed by atoms with van der Waals surface area (Å²) in [5.41, 5.74) is 0.475. The Balaban J connectivity index is 2.26. The van der Waals surface area contributed by atoms with Crippen molar-refractivity contribution >= 4 is 40.7 Å². The van der Waals surface area contributed by atoms with Crippen LogP contribution in [0.3, 0.4) is 0 Å². The van der Waals surface area contributed by atoms with E-state index in [4.69, 9.17) is 32.7 Å². The van der Waals surface area contributed by atoms with Gasteiger partial charge < -0.3 is 19.7 Å². The topological polar surface area (TPSA) is 111 Å². The Morgan fingerprint density at radius 2 is 1.88 bits per heavy atom. The number of halogens is 2. The zero-order chi connectivity index (χ0) is 25.3. The lowest BCUT2D eigenvalue weighted by molar-refractivity contribution is -0.385. The second-order valence-electron chi connectivity index (χ2n) is 7.36. The van der Waals surface area contributed by atoms with Gasteiger partial charge in [-0.2, -0.15) is 0 Å². The molecule has 1 N–H and O–H groups in total. The van der Waals surface area contributed by atoms with Crippen molar-refractivity contribution in [2.75, 3.05) is 20.3 Å². The minimum absolute atomic E-state index is 0.00740. The molecule has 0 aliphatic carbocycles. The molecule has 0 fully saturated rings. The molecule has 2 rings (SSSR count). The van der Waals surface area contributed by atoms with Gasteiger partial charge in [-0.25, -0.2) is 0 Å². The standard InChI is InChI=1S/C23H27Cl2N3O6/c1-4-10-26-23(30)19(5-2)27(13-15-6-8-17(24)18(25)11-15)22(29)14-34-16-7-9-20(28(31)32)21(12-16)33-3/h6-9,11-12,19H,4-5,10,13-14H2,1-3H3,(H,26,30). The van der Waals surface area contributed by atoms with E-state index in [-0.39, 0.29) is 36.2 Å². The maximum Gasteiger partial charge on any atom is 0.311 e. The Morgan fingerprint density at radius 3 is 2.47 bits per heavy atom. The molecular weight excluding hydrogens is 485 g/mol. The Labute approximate surface area is 208 Å². The fourth-order valence-electron chi connectivity index (χ4n) is 3.25. The molecule has 184 valence electrons. The number of benzene rings is 2. The Kier molecular flexibility index (Phi) is 10.4. The molecule has 0 aliphatic heterocycles. The largest absolute Gasteiger partial charge is 0.490 e. The summed E-state index contributed by atoms with van der Waals surface area (Å²) in [6.07, 6.45) is 1.14. The van der Waals surface area contributed by atoms with E-state index < -0.39 is 16.9 Å². The van der Waals surface area contributed by atoms with Gasteiger partial charge in [0, 0.05) is 25.2 Å². The van der Waals surface area contributed by atoms with Crippen LogP contribution in [-0.2, 0) is 16.1 Å². The molecule has 0 aromatic heterocycles. The van der Waals surface area contributed by atoms with Gasteiger partial charge in [-0.05, 0) is 36.6 Å². The number of carbonyl (C=O) groups excluding carboxylic acids is 2. The third-order valence-electron chi connectivity index (χ3n) is 4.98. The van der Waals surface area contributed by atoms with Gasteiger partial charge in [-0.1, -0.05) is 43.1 Å². The number of nitrogens with one attached hydrogen (secondary N) is 1. The summed E-state index contributed by atoms with van der Waals surface area (Å²) in [6, 6.07) is 8.21. The first kappa shape index (κ1) is 27.2. The van der Waals surface area contributed by atoms with E-state index >= 15 is 0 Å². The van der Waals surface area contributed by atoms with Crippen molar-refractivity contribution < 1.29 is 24.0 Å². The van der Waals surface area contributed by atoms with Gasteiger partial charge >= 0.3 is 5.69 Å². The fraction of sp³-hybridized carbons (Fsp3) is 0.391. The summed E-state index contributed by atoms with van der Waals surface area (Å²) in [7, 11) is 1.30. The van der Waals surface area contributed by atoms with E-state index in [1.165, 1.54) is 30.2 Å². The van der Waals surface area contributed by atoms with E-state index in [2.05, 4.69) is 5.32 Å². The van der Waals surface area contributed by atoms with Gasteiger partial charge in [0.2, 0.25) is 11.7 Å². The molecule has 0 bridgehead atoms. The zero-order valence-corrected chi connectivity index (χ0v) is 20.7. The van der Waals surface area contributed by atoms with Crippen LogP contribution in [0.4, 0.5) is 5.69 Å². The van der Waals surface area contributed by atoms with Crippen molar-refractivity contribution in [2.45, 2.75) is 39.3 Å². The molecule has 2 aromatic carbocycles. The number of hydrogen-bond acceptors (Lipinski definition) is 6. The average Bonchev–Trinajstić information content (AvgIpc) is 2.82. The van der Waals surface area contributed by atoms with Gasteiger partial charge in [0.15, 0.2) is 6.61 Å². The average molecular weight is 512 g/mol.